The number of H-pyrrole nitrogens is 1. The predicted molar refractivity (Wildman–Crippen MR) is 68.5 cm³/mol. The summed E-state index contributed by atoms with van der Waals surface area (Å²) in [6, 6.07) is 6.91. The second-order valence-electron chi connectivity index (χ2n) is 4.21. The van der Waals surface area contributed by atoms with Crippen molar-refractivity contribution >= 4 is 11.1 Å². The highest BCUT2D eigenvalue weighted by atomic mass is 19.1. The van der Waals surface area contributed by atoms with Gasteiger partial charge in [0.05, 0.1) is 5.56 Å². The second kappa shape index (κ2) is 4.41. The van der Waals surface area contributed by atoms with Gasteiger partial charge >= 0.3 is 5.63 Å². The molecule has 1 aromatic carbocycles. The van der Waals surface area contributed by atoms with Crippen LogP contribution in [0.25, 0.3) is 22.2 Å². The number of rotatable bonds is 1. The number of hydrogen-bond donors (Lipinski definition) is 1. The molecule has 0 spiro atoms. The molecule has 0 aliphatic rings. The van der Waals surface area contributed by atoms with Gasteiger partial charge in [0, 0.05) is 17.5 Å². The highest BCUT2D eigenvalue weighted by Gasteiger charge is 2.10. The molecule has 2 aromatic heterocycles. The van der Waals surface area contributed by atoms with Crippen molar-refractivity contribution in [1.29, 1.82) is 0 Å². The first-order valence-electron chi connectivity index (χ1n) is 5.66. The maximum Gasteiger partial charge on any atom is 0.345 e. The third-order valence-electron chi connectivity index (χ3n) is 2.80. The van der Waals surface area contributed by atoms with Gasteiger partial charge in [-0.05, 0) is 29.8 Å². The zero-order valence-electron chi connectivity index (χ0n) is 9.94. The summed E-state index contributed by atoms with van der Waals surface area (Å²) in [5.74, 6) is -1.58. The standard InChI is InChI=1S/C14H7F2NO3/c15-9-3-8(4-10(16)6-9)11-5-7-1-2-12(18)17-13(7)20-14(11)19/h1-6H,(H,17,18). The van der Waals surface area contributed by atoms with Gasteiger partial charge in [0.25, 0.3) is 5.56 Å². The number of aromatic nitrogens is 1. The summed E-state index contributed by atoms with van der Waals surface area (Å²) in [7, 11) is 0. The van der Waals surface area contributed by atoms with Crippen LogP contribution in [0.1, 0.15) is 0 Å². The lowest BCUT2D eigenvalue weighted by atomic mass is 10.1. The van der Waals surface area contributed by atoms with E-state index in [1.165, 1.54) is 18.2 Å². The van der Waals surface area contributed by atoms with Crippen molar-refractivity contribution in [3.05, 3.63) is 68.8 Å². The van der Waals surface area contributed by atoms with Crippen LogP contribution in [0, 0.1) is 11.6 Å². The number of benzene rings is 1. The molecular formula is C14H7F2NO3. The molecule has 2 heterocycles. The summed E-state index contributed by atoms with van der Waals surface area (Å²) in [5, 5.41) is 0.448. The lowest BCUT2D eigenvalue weighted by Crippen LogP contribution is -2.08. The molecule has 3 rings (SSSR count). The Hall–Kier alpha value is -2.76. The Morgan fingerprint density at radius 3 is 2.35 bits per heavy atom. The minimum absolute atomic E-state index is 0.0166. The predicted octanol–water partition coefficient (Wildman–Crippen LogP) is 2.43. The minimum atomic E-state index is -0.791. The Morgan fingerprint density at radius 2 is 1.65 bits per heavy atom. The van der Waals surface area contributed by atoms with Crippen LogP contribution in [-0.4, -0.2) is 4.98 Å². The molecule has 3 aromatic rings. The van der Waals surface area contributed by atoms with Gasteiger partial charge in [0.15, 0.2) is 0 Å². The van der Waals surface area contributed by atoms with E-state index in [1.54, 1.807) is 0 Å². The highest BCUT2D eigenvalue weighted by molar-refractivity contribution is 5.78. The fourth-order valence-corrected chi connectivity index (χ4v) is 1.94. The van der Waals surface area contributed by atoms with Crippen LogP contribution in [0.4, 0.5) is 8.78 Å². The van der Waals surface area contributed by atoms with Gasteiger partial charge in [-0.3, -0.25) is 9.78 Å². The maximum atomic E-state index is 13.2. The summed E-state index contributed by atoms with van der Waals surface area (Å²) < 4.78 is 31.3. The van der Waals surface area contributed by atoms with Crippen molar-refractivity contribution in [1.82, 2.24) is 4.98 Å². The average Bonchev–Trinajstić information content (AvgIpc) is 2.36. The third-order valence-corrected chi connectivity index (χ3v) is 2.80. The summed E-state index contributed by atoms with van der Waals surface area (Å²) in [5.41, 5.74) is -1.09. The smallest absolute Gasteiger partial charge is 0.345 e. The normalized spacial score (nSPS) is 10.9. The fourth-order valence-electron chi connectivity index (χ4n) is 1.94. The van der Waals surface area contributed by atoms with Crippen molar-refractivity contribution in [3.63, 3.8) is 0 Å². The molecule has 0 fully saturated rings. The van der Waals surface area contributed by atoms with Crippen molar-refractivity contribution in [2.75, 3.05) is 0 Å². The van der Waals surface area contributed by atoms with Gasteiger partial charge in [0.1, 0.15) is 11.6 Å². The Kier molecular flexibility index (Phi) is 2.71. The lowest BCUT2D eigenvalue weighted by Gasteiger charge is -2.03. The van der Waals surface area contributed by atoms with E-state index in [2.05, 4.69) is 4.98 Å². The van der Waals surface area contributed by atoms with E-state index in [1.807, 2.05) is 0 Å². The number of aromatic amines is 1. The van der Waals surface area contributed by atoms with Crippen LogP contribution < -0.4 is 11.2 Å². The topological polar surface area (TPSA) is 63.1 Å². The van der Waals surface area contributed by atoms with E-state index in [4.69, 9.17) is 4.42 Å². The minimum Gasteiger partial charge on any atom is -0.405 e. The van der Waals surface area contributed by atoms with E-state index in [0.717, 1.165) is 12.1 Å². The van der Waals surface area contributed by atoms with Gasteiger partial charge in [0.2, 0.25) is 5.71 Å². The van der Waals surface area contributed by atoms with Crippen molar-refractivity contribution in [3.8, 4) is 11.1 Å². The Labute approximate surface area is 110 Å². The molecule has 0 bridgehead atoms. The molecule has 1 N–H and O–H groups in total. The number of nitrogens with one attached hydrogen (secondary N) is 1. The summed E-state index contributed by atoms with van der Waals surface area (Å²) in [6.45, 7) is 0. The average molecular weight is 275 g/mol. The SMILES string of the molecule is O=c1ccc2cc(-c3cc(F)cc(F)c3)c(=O)oc2[nH]1. The first kappa shape index (κ1) is 12.3. The van der Waals surface area contributed by atoms with Crippen LogP contribution in [-0.2, 0) is 0 Å². The highest BCUT2D eigenvalue weighted by Crippen LogP contribution is 2.21. The van der Waals surface area contributed by atoms with Crippen LogP contribution in [0.2, 0.25) is 0 Å². The van der Waals surface area contributed by atoms with E-state index >= 15 is 0 Å². The zero-order chi connectivity index (χ0) is 14.3. The number of fused-ring (bicyclic) bond motifs is 1. The van der Waals surface area contributed by atoms with Gasteiger partial charge < -0.3 is 4.42 Å². The first-order valence-corrected chi connectivity index (χ1v) is 5.66. The molecule has 0 saturated carbocycles. The second-order valence-corrected chi connectivity index (χ2v) is 4.21. The Morgan fingerprint density at radius 1 is 0.950 bits per heavy atom. The number of hydrogen-bond acceptors (Lipinski definition) is 3. The first-order chi connectivity index (χ1) is 9.52. The molecule has 0 radical (unpaired) electrons. The van der Waals surface area contributed by atoms with Crippen molar-refractivity contribution < 1.29 is 13.2 Å². The van der Waals surface area contributed by atoms with E-state index in [9.17, 15) is 18.4 Å². The summed E-state index contributed by atoms with van der Waals surface area (Å²) >= 11 is 0. The maximum absolute atomic E-state index is 13.2. The molecule has 0 atom stereocenters. The molecule has 0 unspecified atom stereocenters. The Bertz CT molecular complexity index is 907. The Balaban J connectivity index is 2.31. The molecule has 4 nitrogen and oxygen atoms in total. The quantitative estimate of drug-likeness (QED) is 0.741. The van der Waals surface area contributed by atoms with E-state index in [-0.39, 0.29) is 16.8 Å². The molecular weight excluding hydrogens is 268 g/mol. The molecule has 0 aliphatic heterocycles. The number of halogens is 2. The largest absolute Gasteiger partial charge is 0.405 e. The van der Waals surface area contributed by atoms with Crippen LogP contribution in [0.3, 0.4) is 0 Å². The van der Waals surface area contributed by atoms with E-state index < -0.39 is 22.8 Å². The molecule has 0 aliphatic carbocycles. The molecule has 6 heteroatoms. The number of pyridine rings is 1. The molecule has 0 saturated heterocycles. The third kappa shape index (κ3) is 2.11. The molecule has 0 amide bonds. The zero-order valence-corrected chi connectivity index (χ0v) is 9.94. The van der Waals surface area contributed by atoms with Gasteiger partial charge in [-0.2, -0.15) is 0 Å². The van der Waals surface area contributed by atoms with Crippen molar-refractivity contribution in [2.24, 2.45) is 0 Å². The van der Waals surface area contributed by atoms with Crippen molar-refractivity contribution in [2.45, 2.75) is 0 Å². The monoisotopic (exact) mass is 275 g/mol. The van der Waals surface area contributed by atoms with Gasteiger partial charge in [-0.1, -0.05) is 0 Å². The fraction of sp³-hybridized carbons (Fsp3) is 0. The van der Waals surface area contributed by atoms with Gasteiger partial charge in [-0.25, -0.2) is 13.6 Å². The van der Waals surface area contributed by atoms with Crippen LogP contribution in [0.15, 0.2) is 50.4 Å². The lowest BCUT2D eigenvalue weighted by molar-refractivity contribution is 0.550. The summed E-state index contributed by atoms with van der Waals surface area (Å²) in [4.78, 5) is 25.3. The molecule has 20 heavy (non-hydrogen) atoms. The van der Waals surface area contributed by atoms with Gasteiger partial charge in [-0.15, -0.1) is 0 Å². The van der Waals surface area contributed by atoms with E-state index in [0.29, 0.717) is 11.5 Å². The molecule has 100 valence electrons. The van der Waals surface area contributed by atoms with Crippen LogP contribution in [0.5, 0.6) is 0 Å². The van der Waals surface area contributed by atoms with Crippen LogP contribution >= 0.6 is 0 Å². The summed E-state index contributed by atoms with van der Waals surface area (Å²) in [6.07, 6.45) is 0.